The van der Waals surface area contributed by atoms with Crippen molar-refractivity contribution < 1.29 is 14.0 Å². The van der Waals surface area contributed by atoms with Gasteiger partial charge in [-0.25, -0.2) is 4.39 Å². The SMILES string of the molecule is Cc1ccc(F)cc1NC(=O)CSc1nnc(C(C)NC(=O)c2ccccc2Cl)n1C. The maximum Gasteiger partial charge on any atom is 0.253 e. The van der Waals surface area contributed by atoms with Crippen LogP contribution in [0.25, 0.3) is 0 Å². The summed E-state index contributed by atoms with van der Waals surface area (Å²) >= 11 is 7.27. The summed E-state index contributed by atoms with van der Waals surface area (Å²) in [6.07, 6.45) is 0. The van der Waals surface area contributed by atoms with Crippen LogP contribution in [0.2, 0.25) is 5.02 Å². The smallest absolute Gasteiger partial charge is 0.253 e. The number of benzene rings is 2. The Kier molecular flexibility index (Phi) is 7.29. The van der Waals surface area contributed by atoms with Gasteiger partial charge in [0.25, 0.3) is 5.91 Å². The third-order valence-corrected chi connectivity index (χ3v) is 5.88. The Bertz CT molecular complexity index is 1120. The van der Waals surface area contributed by atoms with Crippen LogP contribution in [0, 0.1) is 12.7 Å². The van der Waals surface area contributed by atoms with E-state index in [1.165, 1.54) is 23.9 Å². The zero-order valence-corrected chi connectivity index (χ0v) is 18.7. The van der Waals surface area contributed by atoms with E-state index in [-0.39, 0.29) is 17.6 Å². The average Bonchev–Trinajstić information content (AvgIpc) is 3.10. The number of anilines is 1. The predicted molar refractivity (Wildman–Crippen MR) is 119 cm³/mol. The first-order chi connectivity index (χ1) is 14.8. The Morgan fingerprint density at radius 1 is 1.23 bits per heavy atom. The first-order valence-electron chi connectivity index (χ1n) is 9.39. The van der Waals surface area contributed by atoms with Crippen molar-refractivity contribution >= 4 is 40.9 Å². The summed E-state index contributed by atoms with van der Waals surface area (Å²) in [6.45, 7) is 3.57. The van der Waals surface area contributed by atoms with Crippen LogP contribution in [0.3, 0.4) is 0 Å². The molecule has 1 heterocycles. The number of aromatic nitrogens is 3. The molecule has 1 atom stereocenters. The maximum atomic E-state index is 13.4. The molecular weight excluding hydrogens is 441 g/mol. The third kappa shape index (κ3) is 5.62. The molecule has 0 aliphatic carbocycles. The zero-order valence-electron chi connectivity index (χ0n) is 17.1. The van der Waals surface area contributed by atoms with Crippen molar-refractivity contribution in [2.24, 2.45) is 7.05 Å². The average molecular weight is 462 g/mol. The van der Waals surface area contributed by atoms with Crippen molar-refractivity contribution in [1.29, 1.82) is 0 Å². The van der Waals surface area contributed by atoms with Gasteiger partial charge in [-0.05, 0) is 43.7 Å². The van der Waals surface area contributed by atoms with Crippen molar-refractivity contribution in [3.63, 3.8) is 0 Å². The highest BCUT2D eigenvalue weighted by atomic mass is 35.5. The van der Waals surface area contributed by atoms with Gasteiger partial charge in [0.15, 0.2) is 11.0 Å². The quantitative estimate of drug-likeness (QED) is 0.516. The van der Waals surface area contributed by atoms with Gasteiger partial charge in [-0.15, -0.1) is 10.2 Å². The third-order valence-electron chi connectivity index (χ3n) is 4.53. The van der Waals surface area contributed by atoms with Crippen LogP contribution in [-0.2, 0) is 11.8 Å². The molecule has 31 heavy (non-hydrogen) atoms. The zero-order chi connectivity index (χ0) is 22.5. The fourth-order valence-electron chi connectivity index (χ4n) is 2.86. The molecule has 10 heteroatoms. The minimum atomic E-state index is -0.431. The van der Waals surface area contributed by atoms with Gasteiger partial charge in [-0.2, -0.15) is 0 Å². The normalized spacial score (nSPS) is 11.8. The lowest BCUT2D eigenvalue weighted by molar-refractivity contribution is -0.113. The van der Waals surface area contributed by atoms with E-state index in [0.29, 0.717) is 27.3 Å². The Morgan fingerprint density at radius 3 is 2.71 bits per heavy atom. The lowest BCUT2D eigenvalue weighted by atomic mass is 10.2. The van der Waals surface area contributed by atoms with Crippen LogP contribution in [0.15, 0.2) is 47.6 Å². The molecule has 2 aromatic carbocycles. The summed E-state index contributed by atoms with van der Waals surface area (Å²) in [5.74, 6) is -0.422. The molecule has 0 fully saturated rings. The van der Waals surface area contributed by atoms with E-state index in [1.807, 2.05) is 0 Å². The highest BCUT2D eigenvalue weighted by Gasteiger charge is 2.20. The molecule has 7 nitrogen and oxygen atoms in total. The molecule has 0 aliphatic heterocycles. The topological polar surface area (TPSA) is 88.9 Å². The first-order valence-corrected chi connectivity index (χ1v) is 10.8. The number of carbonyl (C=O) groups excluding carboxylic acids is 2. The highest BCUT2D eigenvalue weighted by Crippen LogP contribution is 2.22. The number of halogens is 2. The van der Waals surface area contributed by atoms with Gasteiger partial charge in [-0.1, -0.05) is 41.6 Å². The summed E-state index contributed by atoms with van der Waals surface area (Å²) in [7, 11) is 1.75. The van der Waals surface area contributed by atoms with Gasteiger partial charge in [-0.3, -0.25) is 9.59 Å². The number of carbonyl (C=O) groups is 2. The van der Waals surface area contributed by atoms with Crippen LogP contribution in [0.1, 0.15) is 34.7 Å². The van der Waals surface area contributed by atoms with E-state index in [1.54, 1.807) is 55.8 Å². The summed E-state index contributed by atoms with van der Waals surface area (Å²) < 4.78 is 15.1. The first kappa shape index (κ1) is 22.8. The number of rotatable bonds is 7. The summed E-state index contributed by atoms with van der Waals surface area (Å²) in [5.41, 5.74) is 1.57. The predicted octanol–water partition coefficient (Wildman–Crippen LogP) is 4.14. The monoisotopic (exact) mass is 461 g/mol. The molecule has 2 N–H and O–H groups in total. The molecule has 0 saturated heterocycles. The molecule has 3 rings (SSSR count). The molecule has 1 unspecified atom stereocenters. The molecule has 162 valence electrons. The largest absolute Gasteiger partial charge is 0.342 e. The van der Waals surface area contributed by atoms with Gasteiger partial charge in [0.2, 0.25) is 5.91 Å². The molecule has 0 radical (unpaired) electrons. The number of hydrogen-bond donors (Lipinski definition) is 2. The van der Waals surface area contributed by atoms with E-state index < -0.39 is 11.9 Å². The van der Waals surface area contributed by atoms with Crippen LogP contribution in [-0.4, -0.2) is 32.3 Å². The summed E-state index contributed by atoms with van der Waals surface area (Å²) in [4.78, 5) is 24.7. The van der Waals surface area contributed by atoms with Gasteiger partial charge in [0.05, 0.1) is 22.4 Å². The van der Waals surface area contributed by atoms with E-state index in [0.717, 1.165) is 5.56 Å². The number of hydrogen-bond acceptors (Lipinski definition) is 5. The second kappa shape index (κ2) is 9.93. The van der Waals surface area contributed by atoms with Crippen molar-refractivity contribution in [1.82, 2.24) is 20.1 Å². The van der Waals surface area contributed by atoms with Gasteiger partial charge in [0.1, 0.15) is 5.82 Å². The van der Waals surface area contributed by atoms with Gasteiger partial charge in [0, 0.05) is 12.7 Å². The fraction of sp³-hybridized carbons (Fsp3) is 0.238. The van der Waals surface area contributed by atoms with Crippen molar-refractivity contribution in [3.8, 4) is 0 Å². The Labute approximate surface area is 188 Å². The van der Waals surface area contributed by atoms with Crippen LogP contribution >= 0.6 is 23.4 Å². The van der Waals surface area contributed by atoms with Gasteiger partial charge >= 0.3 is 0 Å². The van der Waals surface area contributed by atoms with Crippen LogP contribution in [0.4, 0.5) is 10.1 Å². The lowest BCUT2D eigenvalue weighted by Gasteiger charge is -2.14. The van der Waals surface area contributed by atoms with E-state index >= 15 is 0 Å². The number of thioether (sulfide) groups is 1. The van der Waals surface area contributed by atoms with E-state index in [4.69, 9.17) is 11.6 Å². The summed E-state index contributed by atoms with van der Waals surface area (Å²) in [5, 5.41) is 14.7. The van der Waals surface area contributed by atoms with Gasteiger partial charge < -0.3 is 15.2 Å². The number of nitrogens with one attached hydrogen (secondary N) is 2. The Morgan fingerprint density at radius 2 is 1.97 bits per heavy atom. The molecule has 0 bridgehead atoms. The van der Waals surface area contributed by atoms with Crippen molar-refractivity contribution in [2.45, 2.75) is 25.0 Å². The minimum Gasteiger partial charge on any atom is -0.342 e. The Hall–Kier alpha value is -2.91. The molecular formula is C21H21ClFN5O2S. The second-order valence-corrected chi connectivity index (χ2v) is 8.22. The lowest BCUT2D eigenvalue weighted by Crippen LogP contribution is -2.28. The molecule has 0 saturated carbocycles. The molecule has 0 aliphatic rings. The standard InChI is InChI=1S/C21H21ClFN5O2S/c1-12-8-9-14(23)10-17(12)25-18(29)11-31-21-27-26-19(28(21)3)13(2)24-20(30)15-6-4-5-7-16(15)22/h4-10,13H,11H2,1-3H3,(H,24,30)(H,25,29). The maximum absolute atomic E-state index is 13.4. The minimum absolute atomic E-state index is 0.0717. The van der Waals surface area contributed by atoms with E-state index in [9.17, 15) is 14.0 Å². The summed E-state index contributed by atoms with van der Waals surface area (Å²) in [6, 6.07) is 10.6. The molecule has 1 aromatic heterocycles. The molecule has 3 aromatic rings. The van der Waals surface area contributed by atoms with Crippen molar-refractivity contribution in [2.75, 3.05) is 11.1 Å². The fourth-order valence-corrected chi connectivity index (χ4v) is 3.80. The Balaban J connectivity index is 1.60. The van der Waals surface area contributed by atoms with Crippen LogP contribution in [0.5, 0.6) is 0 Å². The number of amides is 2. The number of aryl methyl sites for hydroxylation is 1. The molecule has 2 amide bonds. The van der Waals surface area contributed by atoms with E-state index in [2.05, 4.69) is 20.8 Å². The van der Waals surface area contributed by atoms with Crippen LogP contribution < -0.4 is 10.6 Å². The number of nitrogens with zero attached hydrogens (tertiary/aromatic N) is 3. The second-order valence-electron chi connectivity index (χ2n) is 6.87. The molecule has 0 spiro atoms. The highest BCUT2D eigenvalue weighted by molar-refractivity contribution is 7.99. The van der Waals surface area contributed by atoms with Crippen molar-refractivity contribution in [3.05, 3.63) is 70.3 Å².